The van der Waals surface area contributed by atoms with Crippen molar-refractivity contribution < 1.29 is 4.79 Å². The van der Waals surface area contributed by atoms with Crippen molar-refractivity contribution in [3.63, 3.8) is 0 Å². The number of Topliss-reactive ketones (excluding diaryl/α,β-unsaturated/α-hetero) is 1. The van der Waals surface area contributed by atoms with E-state index in [0.29, 0.717) is 0 Å². The van der Waals surface area contributed by atoms with Gasteiger partial charge in [-0.3, -0.25) is 4.79 Å². The normalized spacial score (nSPS) is 12.1. The first-order valence-electron chi connectivity index (χ1n) is 9.78. The van der Waals surface area contributed by atoms with Gasteiger partial charge < -0.3 is 0 Å². The van der Waals surface area contributed by atoms with Gasteiger partial charge in [-0.05, 0) is 18.9 Å². The Morgan fingerprint density at radius 2 is 1.52 bits per heavy atom. The van der Waals surface area contributed by atoms with E-state index in [2.05, 4.69) is 23.2 Å². The number of rotatable bonds is 6. The number of aryl methyl sites for hydroxylation is 1. The van der Waals surface area contributed by atoms with Gasteiger partial charge in [0.2, 0.25) is 0 Å². The quantitative estimate of drug-likeness (QED) is 0.285. The second kappa shape index (κ2) is 8.58. The van der Waals surface area contributed by atoms with E-state index in [4.69, 9.17) is 0 Å². The summed E-state index contributed by atoms with van der Waals surface area (Å²) in [4.78, 5) is 12.9. The molecule has 3 aromatic carbocycles. The summed E-state index contributed by atoms with van der Waals surface area (Å²) in [7, 11) is 0. The van der Waals surface area contributed by atoms with Crippen LogP contribution < -0.4 is 0 Å². The number of ketones is 1. The van der Waals surface area contributed by atoms with Crippen LogP contribution in [0.3, 0.4) is 0 Å². The molecule has 0 aliphatic carbocycles. The van der Waals surface area contributed by atoms with Gasteiger partial charge in [-0.25, -0.2) is 0 Å². The lowest BCUT2D eigenvalue weighted by Gasteiger charge is -2.13. The van der Waals surface area contributed by atoms with Gasteiger partial charge in [0, 0.05) is 21.9 Å². The van der Waals surface area contributed by atoms with Gasteiger partial charge in [0.25, 0.3) is 0 Å². The van der Waals surface area contributed by atoms with Crippen molar-refractivity contribution in [1.82, 2.24) is 10.2 Å². The molecule has 0 bridgehead atoms. The largest absolute Gasteiger partial charge is 0.293 e. The highest BCUT2D eigenvalue weighted by atomic mass is 32.2. The van der Waals surface area contributed by atoms with Crippen LogP contribution in [0.1, 0.15) is 29.8 Å². The molecule has 0 fully saturated rings. The molecular weight excluding hydrogens is 376 g/mol. The molecule has 0 N–H and O–H groups in total. The molecule has 4 heteroatoms. The van der Waals surface area contributed by atoms with Crippen LogP contribution in [-0.2, 0) is 6.42 Å². The first-order valence-corrected chi connectivity index (χ1v) is 10.7. The van der Waals surface area contributed by atoms with Crippen LogP contribution in [0.5, 0.6) is 0 Å². The third-order valence-corrected chi connectivity index (χ3v) is 6.10. The molecule has 1 atom stereocenters. The van der Waals surface area contributed by atoms with Crippen molar-refractivity contribution in [1.29, 1.82) is 0 Å². The summed E-state index contributed by atoms with van der Waals surface area (Å²) in [5.41, 5.74) is 3.86. The van der Waals surface area contributed by atoms with Crippen molar-refractivity contribution in [3.8, 4) is 11.3 Å². The molecule has 4 aromatic rings. The maximum absolute atomic E-state index is 12.9. The van der Waals surface area contributed by atoms with Crippen molar-refractivity contribution in [2.24, 2.45) is 0 Å². The molecule has 0 spiro atoms. The number of thioether (sulfide) groups is 1. The van der Waals surface area contributed by atoms with Gasteiger partial charge in [-0.2, -0.15) is 0 Å². The number of aromatic nitrogens is 2. The summed E-state index contributed by atoms with van der Waals surface area (Å²) in [6.45, 7) is 4.04. The lowest BCUT2D eigenvalue weighted by Crippen LogP contribution is -2.14. The van der Waals surface area contributed by atoms with Gasteiger partial charge >= 0.3 is 0 Å². The zero-order valence-corrected chi connectivity index (χ0v) is 17.3. The van der Waals surface area contributed by atoms with E-state index in [0.717, 1.165) is 39.0 Å². The van der Waals surface area contributed by atoms with Crippen LogP contribution in [0.15, 0.2) is 83.9 Å². The molecule has 0 radical (unpaired) electrons. The SMILES string of the molecule is CCc1ccc(C(=O)[C@@H](C)Sc2nnc(-c3ccccc3)c3ccccc23)cc1. The molecule has 1 aromatic heterocycles. The minimum absolute atomic E-state index is 0.107. The standard InChI is InChI=1S/C25H22N2OS/c1-3-18-13-15-20(16-14-18)24(28)17(2)29-25-22-12-8-7-11-21(22)23(26-27-25)19-9-5-4-6-10-19/h4-17H,3H2,1-2H3/t17-/m1/s1. The maximum atomic E-state index is 12.9. The second-order valence-corrected chi connectivity index (χ2v) is 8.27. The van der Waals surface area contributed by atoms with Crippen molar-refractivity contribution >= 4 is 28.3 Å². The average molecular weight is 399 g/mol. The Balaban J connectivity index is 1.65. The van der Waals surface area contributed by atoms with E-state index < -0.39 is 0 Å². The molecule has 0 aliphatic rings. The molecular formula is C25H22N2OS. The summed E-state index contributed by atoms with van der Waals surface area (Å²) in [5.74, 6) is 0.107. The highest BCUT2D eigenvalue weighted by molar-refractivity contribution is 8.00. The predicted molar refractivity (Wildman–Crippen MR) is 120 cm³/mol. The minimum Gasteiger partial charge on any atom is -0.293 e. The fourth-order valence-electron chi connectivity index (χ4n) is 3.34. The summed E-state index contributed by atoms with van der Waals surface area (Å²) in [6, 6.07) is 26.1. The zero-order chi connectivity index (χ0) is 20.2. The Morgan fingerprint density at radius 3 is 2.21 bits per heavy atom. The lowest BCUT2D eigenvalue weighted by atomic mass is 10.1. The van der Waals surface area contributed by atoms with Gasteiger partial charge in [-0.1, -0.05) is 97.5 Å². The van der Waals surface area contributed by atoms with Crippen molar-refractivity contribution in [2.45, 2.75) is 30.5 Å². The number of hydrogen-bond acceptors (Lipinski definition) is 4. The number of fused-ring (bicyclic) bond motifs is 1. The third kappa shape index (κ3) is 4.08. The van der Waals surface area contributed by atoms with E-state index >= 15 is 0 Å². The molecule has 0 saturated heterocycles. The van der Waals surface area contributed by atoms with E-state index in [1.807, 2.05) is 79.7 Å². The van der Waals surface area contributed by atoms with E-state index in [-0.39, 0.29) is 11.0 Å². The average Bonchev–Trinajstić information content (AvgIpc) is 2.79. The fourth-order valence-corrected chi connectivity index (χ4v) is 4.31. The topological polar surface area (TPSA) is 42.9 Å². The molecule has 4 rings (SSSR count). The molecule has 0 aliphatic heterocycles. The molecule has 3 nitrogen and oxygen atoms in total. The first-order chi connectivity index (χ1) is 14.2. The third-order valence-electron chi connectivity index (χ3n) is 5.00. The molecule has 0 saturated carbocycles. The Kier molecular flexibility index (Phi) is 5.72. The lowest BCUT2D eigenvalue weighted by molar-refractivity contribution is 0.0994. The van der Waals surface area contributed by atoms with Crippen LogP contribution in [0.4, 0.5) is 0 Å². The number of nitrogens with zero attached hydrogens (tertiary/aromatic N) is 2. The number of carbonyl (C=O) groups excluding carboxylic acids is 1. The number of benzene rings is 3. The highest BCUT2D eigenvalue weighted by Crippen LogP contribution is 2.34. The van der Waals surface area contributed by atoms with Gasteiger partial charge in [0.15, 0.2) is 5.78 Å². The van der Waals surface area contributed by atoms with Crippen LogP contribution >= 0.6 is 11.8 Å². The monoisotopic (exact) mass is 398 g/mol. The van der Waals surface area contributed by atoms with Gasteiger partial charge in [-0.15, -0.1) is 10.2 Å². The summed E-state index contributed by atoms with van der Waals surface area (Å²) < 4.78 is 0. The fraction of sp³-hybridized carbons (Fsp3) is 0.160. The molecule has 29 heavy (non-hydrogen) atoms. The Morgan fingerprint density at radius 1 is 0.862 bits per heavy atom. The van der Waals surface area contributed by atoms with Gasteiger partial charge in [0.1, 0.15) is 10.7 Å². The van der Waals surface area contributed by atoms with Crippen molar-refractivity contribution in [2.75, 3.05) is 0 Å². The zero-order valence-electron chi connectivity index (χ0n) is 16.5. The summed E-state index contributed by atoms with van der Waals surface area (Å²) >= 11 is 1.47. The summed E-state index contributed by atoms with van der Waals surface area (Å²) in [6.07, 6.45) is 0.966. The molecule has 144 valence electrons. The van der Waals surface area contributed by atoms with E-state index in [9.17, 15) is 4.79 Å². The van der Waals surface area contributed by atoms with Crippen LogP contribution in [0.2, 0.25) is 0 Å². The Bertz CT molecular complexity index is 1140. The minimum atomic E-state index is -0.247. The number of hydrogen-bond donors (Lipinski definition) is 0. The second-order valence-electron chi connectivity index (χ2n) is 6.94. The molecule has 0 amide bonds. The smallest absolute Gasteiger partial charge is 0.175 e. The van der Waals surface area contributed by atoms with E-state index in [1.165, 1.54) is 17.3 Å². The highest BCUT2D eigenvalue weighted by Gasteiger charge is 2.20. The Hall–Kier alpha value is -2.98. The van der Waals surface area contributed by atoms with Crippen molar-refractivity contribution in [3.05, 3.63) is 90.0 Å². The Labute approximate surface area is 175 Å². The molecule has 0 unspecified atom stereocenters. The van der Waals surface area contributed by atoms with Gasteiger partial charge in [0.05, 0.1) is 5.25 Å². The van der Waals surface area contributed by atoms with Crippen LogP contribution in [0.25, 0.3) is 22.0 Å². The summed E-state index contributed by atoms with van der Waals surface area (Å²) in [5, 5.41) is 11.6. The molecule has 1 heterocycles. The van der Waals surface area contributed by atoms with E-state index in [1.54, 1.807) is 0 Å². The number of carbonyl (C=O) groups is 1. The van der Waals surface area contributed by atoms with Crippen LogP contribution in [0, 0.1) is 0 Å². The maximum Gasteiger partial charge on any atom is 0.175 e. The van der Waals surface area contributed by atoms with Crippen LogP contribution in [-0.4, -0.2) is 21.2 Å². The predicted octanol–water partition coefficient (Wildman–Crippen LogP) is 6.22. The first kappa shape index (κ1) is 19.3.